The smallest absolute Gasteiger partial charge is 0.290 e. The Morgan fingerprint density at radius 2 is 2.07 bits per heavy atom. The molecule has 0 fully saturated rings. The molecule has 27 heavy (non-hydrogen) atoms. The lowest BCUT2D eigenvalue weighted by Crippen LogP contribution is -2.24. The number of hydrogen-bond donors (Lipinski definition) is 1. The zero-order chi connectivity index (χ0) is 19.0. The number of hydrogen-bond acceptors (Lipinski definition) is 4. The van der Waals surface area contributed by atoms with Crippen LogP contribution in [0.1, 0.15) is 34.5 Å². The maximum atomic E-state index is 14.4. The fourth-order valence-electron chi connectivity index (χ4n) is 2.98. The summed E-state index contributed by atoms with van der Waals surface area (Å²) in [4.78, 5) is 21.0. The van der Waals surface area contributed by atoms with Crippen molar-refractivity contribution in [2.45, 2.75) is 13.5 Å². The highest BCUT2D eigenvalue weighted by atomic mass is 35.5. The number of benzene rings is 2. The molecule has 0 radical (unpaired) electrons. The molecule has 1 aliphatic heterocycles. The molecule has 2 heterocycles. The Labute approximate surface area is 159 Å². The van der Waals surface area contributed by atoms with Gasteiger partial charge in [-0.05, 0) is 37.3 Å². The van der Waals surface area contributed by atoms with E-state index in [-0.39, 0.29) is 24.1 Å². The molecule has 2 aromatic carbocycles. The quantitative estimate of drug-likeness (QED) is 0.755. The number of amides is 1. The van der Waals surface area contributed by atoms with Crippen LogP contribution in [0, 0.1) is 5.82 Å². The van der Waals surface area contributed by atoms with Gasteiger partial charge < -0.3 is 5.32 Å². The van der Waals surface area contributed by atoms with E-state index < -0.39 is 0 Å². The van der Waals surface area contributed by atoms with Crippen molar-refractivity contribution < 1.29 is 9.18 Å². The lowest BCUT2D eigenvalue weighted by molar-refractivity contribution is 0.0945. The summed E-state index contributed by atoms with van der Waals surface area (Å²) in [5.74, 6) is -0.173. The second-order valence-electron chi connectivity index (χ2n) is 5.93. The van der Waals surface area contributed by atoms with Crippen LogP contribution in [0.3, 0.4) is 0 Å². The van der Waals surface area contributed by atoms with Crippen molar-refractivity contribution in [1.82, 2.24) is 20.1 Å². The molecule has 1 aliphatic rings. The summed E-state index contributed by atoms with van der Waals surface area (Å²) in [6, 6.07) is 11.6. The van der Waals surface area contributed by atoms with Crippen LogP contribution in [-0.2, 0) is 6.54 Å². The fraction of sp³-hybridized carbons (Fsp3) is 0.158. The topological polar surface area (TPSA) is 72.2 Å². The number of aliphatic imine (C=N–C) groups is 1. The van der Waals surface area contributed by atoms with Crippen LogP contribution in [0.4, 0.5) is 4.39 Å². The van der Waals surface area contributed by atoms with Crippen molar-refractivity contribution in [3.8, 4) is 5.69 Å². The summed E-state index contributed by atoms with van der Waals surface area (Å²) in [5, 5.41) is 7.50. The van der Waals surface area contributed by atoms with E-state index in [2.05, 4.69) is 20.4 Å². The van der Waals surface area contributed by atoms with Crippen molar-refractivity contribution >= 4 is 23.2 Å². The molecule has 136 valence electrons. The van der Waals surface area contributed by atoms with Gasteiger partial charge >= 0.3 is 0 Å². The lowest BCUT2D eigenvalue weighted by atomic mass is 10.00. The number of fused-ring (bicyclic) bond motifs is 3. The summed E-state index contributed by atoms with van der Waals surface area (Å²) in [5.41, 5.74) is 2.10. The SMILES string of the molecule is CCNC(=O)c1nc2n(n1)-c1ccc(Cl)cc1C(c1ccccc1F)=NC2. The van der Waals surface area contributed by atoms with E-state index in [1.165, 1.54) is 6.07 Å². The molecule has 4 rings (SSSR count). The van der Waals surface area contributed by atoms with E-state index in [1.54, 1.807) is 41.1 Å². The minimum absolute atomic E-state index is 0.0669. The molecule has 1 amide bonds. The van der Waals surface area contributed by atoms with Crippen molar-refractivity contribution in [2.24, 2.45) is 4.99 Å². The highest BCUT2D eigenvalue weighted by molar-refractivity contribution is 6.31. The number of halogens is 2. The molecule has 0 spiro atoms. The Hall–Kier alpha value is -3.06. The lowest BCUT2D eigenvalue weighted by Gasteiger charge is -2.11. The van der Waals surface area contributed by atoms with Gasteiger partial charge in [-0.2, -0.15) is 0 Å². The molecule has 6 nitrogen and oxygen atoms in total. The van der Waals surface area contributed by atoms with Gasteiger partial charge in [0, 0.05) is 22.7 Å². The zero-order valence-electron chi connectivity index (χ0n) is 14.4. The van der Waals surface area contributed by atoms with Gasteiger partial charge in [0.05, 0.1) is 17.9 Å². The van der Waals surface area contributed by atoms with Gasteiger partial charge in [-0.25, -0.2) is 14.1 Å². The molecule has 0 bridgehead atoms. The first-order chi connectivity index (χ1) is 13.1. The van der Waals surface area contributed by atoms with Gasteiger partial charge in [0.2, 0.25) is 5.82 Å². The Bertz CT molecular complexity index is 1080. The third-order valence-electron chi connectivity index (χ3n) is 4.16. The van der Waals surface area contributed by atoms with Gasteiger partial charge in [0.15, 0.2) is 5.82 Å². The Balaban J connectivity index is 1.90. The zero-order valence-corrected chi connectivity index (χ0v) is 15.2. The van der Waals surface area contributed by atoms with Crippen LogP contribution >= 0.6 is 11.6 Å². The molecule has 1 aromatic heterocycles. The predicted molar refractivity (Wildman–Crippen MR) is 100 cm³/mol. The molecule has 0 atom stereocenters. The van der Waals surface area contributed by atoms with E-state index in [0.717, 1.165) is 0 Å². The predicted octanol–water partition coefficient (Wildman–Crippen LogP) is 3.16. The summed E-state index contributed by atoms with van der Waals surface area (Å²) in [6.07, 6.45) is 0. The van der Waals surface area contributed by atoms with Crippen LogP contribution in [0.5, 0.6) is 0 Å². The second-order valence-corrected chi connectivity index (χ2v) is 6.37. The van der Waals surface area contributed by atoms with Gasteiger partial charge in [0.1, 0.15) is 5.82 Å². The van der Waals surface area contributed by atoms with Gasteiger partial charge in [0.25, 0.3) is 5.91 Å². The maximum Gasteiger partial charge on any atom is 0.290 e. The minimum Gasteiger partial charge on any atom is -0.350 e. The Kier molecular flexibility index (Phi) is 4.45. The first-order valence-corrected chi connectivity index (χ1v) is 8.80. The number of nitrogens with zero attached hydrogens (tertiary/aromatic N) is 4. The number of carbonyl (C=O) groups excluding carboxylic acids is 1. The molecule has 0 aliphatic carbocycles. The molecule has 8 heteroatoms. The normalized spacial score (nSPS) is 12.6. The molecule has 1 N–H and O–H groups in total. The monoisotopic (exact) mass is 383 g/mol. The molecule has 0 saturated carbocycles. The number of aromatic nitrogens is 3. The summed E-state index contributed by atoms with van der Waals surface area (Å²) >= 11 is 6.19. The van der Waals surface area contributed by atoms with E-state index in [9.17, 15) is 9.18 Å². The van der Waals surface area contributed by atoms with Crippen molar-refractivity contribution in [3.63, 3.8) is 0 Å². The standard InChI is InChI=1S/C19H15ClFN5O/c1-2-22-19(27)18-24-16-10-23-17(12-5-3-4-6-14(12)21)13-9-11(20)7-8-15(13)26(16)25-18/h3-9H,2,10H2,1H3,(H,22,27). The van der Waals surface area contributed by atoms with E-state index in [4.69, 9.17) is 11.6 Å². The number of nitrogens with one attached hydrogen (secondary N) is 1. The van der Waals surface area contributed by atoms with Crippen molar-refractivity contribution in [1.29, 1.82) is 0 Å². The number of carbonyl (C=O) groups is 1. The third kappa shape index (κ3) is 3.10. The Morgan fingerprint density at radius 1 is 1.26 bits per heavy atom. The van der Waals surface area contributed by atoms with Crippen LogP contribution in [0.2, 0.25) is 5.02 Å². The van der Waals surface area contributed by atoms with Gasteiger partial charge in [-0.1, -0.05) is 23.7 Å². The van der Waals surface area contributed by atoms with Crippen LogP contribution in [0.25, 0.3) is 5.69 Å². The second kappa shape index (κ2) is 6.92. The molecule has 0 saturated heterocycles. The number of rotatable bonds is 3. The van der Waals surface area contributed by atoms with Crippen molar-refractivity contribution in [3.05, 3.63) is 76.1 Å². The van der Waals surface area contributed by atoms with Crippen LogP contribution < -0.4 is 5.32 Å². The average molecular weight is 384 g/mol. The molecular weight excluding hydrogens is 369 g/mol. The summed E-state index contributed by atoms with van der Waals surface area (Å²) in [6.45, 7) is 2.45. The first-order valence-electron chi connectivity index (χ1n) is 8.42. The third-order valence-corrected chi connectivity index (χ3v) is 4.40. The van der Waals surface area contributed by atoms with E-state index in [1.807, 2.05) is 6.92 Å². The summed E-state index contributed by atoms with van der Waals surface area (Å²) < 4.78 is 16.0. The first kappa shape index (κ1) is 17.4. The van der Waals surface area contributed by atoms with Gasteiger partial charge in [-0.15, -0.1) is 5.10 Å². The van der Waals surface area contributed by atoms with E-state index >= 15 is 0 Å². The largest absolute Gasteiger partial charge is 0.350 e. The van der Waals surface area contributed by atoms with E-state index in [0.29, 0.717) is 39.9 Å². The minimum atomic E-state index is -0.377. The fourth-order valence-corrected chi connectivity index (χ4v) is 3.15. The highest BCUT2D eigenvalue weighted by Crippen LogP contribution is 2.27. The highest BCUT2D eigenvalue weighted by Gasteiger charge is 2.24. The average Bonchev–Trinajstić information content (AvgIpc) is 3.02. The van der Waals surface area contributed by atoms with Crippen LogP contribution in [-0.4, -0.2) is 32.9 Å². The summed E-state index contributed by atoms with van der Waals surface area (Å²) in [7, 11) is 0. The molecule has 3 aromatic rings. The molecular formula is C19H15ClFN5O. The Morgan fingerprint density at radius 3 is 2.85 bits per heavy atom. The van der Waals surface area contributed by atoms with Crippen LogP contribution in [0.15, 0.2) is 47.5 Å². The van der Waals surface area contributed by atoms with Crippen molar-refractivity contribution in [2.75, 3.05) is 6.54 Å². The van der Waals surface area contributed by atoms with Gasteiger partial charge in [-0.3, -0.25) is 9.79 Å². The molecule has 0 unspecified atom stereocenters. The maximum absolute atomic E-state index is 14.4.